The van der Waals surface area contributed by atoms with Crippen LogP contribution in [0.15, 0.2) is 16.8 Å². The summed E-state index contributed by atoms with van der Waals surface area (Å²) in [5, 5.41) is 18.0. The van der Waals surface area contributed by atoms with E-state index in [0.29, 0.717) is 18.7 Å². The Labute approximate surface area is 120 Å². The second kappa shape index (κ2) is 5.52. The van der Waals surface area contributed by atoms with Gasteiger partial charge in [0.15, 0.2) is 0 Å². The molecule has 0 spiro atoms. The standard InChI is InChI=1S/C15H25NO2S/c1-5-18-13-8-12(14(13,2)3)16-10-15(4,17)11-6-7-19-9-11/h6-7,9,12-13,16-17H,5,8,10H2,1-4H3. The molecule has 19 heavy (non-hydrogen) atoms. The second-order valence-corrected chi connectivity index (χ2v) is 7.00. The molecular weight excluding hydrogens is 258 g/mol. The quantitative estimate of drug-likeness (QED) is 0.843. The first-order valence-electron chi connectivity index (χ1n) is 6.98. The molecule has 108 valence electrons. The van der Waals surface area contributed by atoms with Gasteiger partial charge in [-0.25, -0.2) is 0 Å². The van der Waals surface area contributed by atoms with E-state index >= 15 is 0 Å². The molecule has 1 aromatic heterocycles. The van der Waals surface area contributed by atoms with E-state index in [1.165, 1.54) is 0 Å². The highest BCUT2D eigenvalue weighted by molar-refractivity contribution is 7.08. The predicted octanol–water partition coefficient (Wildman–Crippen LogP) is 2.75. The molecule has 1 aliphatic carbocycles. The fourth-order valence-corrected chi connectivity index (χ4v) is 3.49. The van der Waals surface area contributed by atoms with Crippen LogP contribution < -0.4 is 5.32 Å². The monoisotopic (exact) mass is 283 g/mol. The van der Waals surface area contributed by atoms with Crippen molar-refractivity contribution in [2.24, 2.45) is 5.41 Å². The van der Waals surface area contributed by atoms with Crippen LogP contribution in [0.5, 0.6) is 0 Å². The Balaban J connectivity index is 1.87. The molecule has 1 saturated carbocycles. The van der Waals surface area contributed by atoms with Crippen molar-refractivity contribution >= 4 is 11.3 Å². The Morgan fingerprint density at radius 1 is 1.58 bits per heavy atom. The number of hydrogen-bond donors (Lipinski definition) is 2. The number of hydrogen-bond acceptors (Lipinski definition) is 4. The minimum Gasteiger partial charge on any atom is -0.384 e. The third-order valence-electron chi connectivity index (χ3n) is 4.38. The molecular formula is C15H25NO2S. The van der Waals surface area contributed by atoms with Crippen LogP contribution in [-0.2, 0) is 10.3 Å². The number of thiophene rings is 1. The fraction of sp³-hybridized carbons (Fsp3) is 0.733. The first kappa shape index (κ1) is 15.0. The van der Waals surface area contributed by atoms with E-state index in [2.05, 4.69) is 19.2 Å². The van der Waals surface area contributed by atoms with Gasteiger partial charge in [0, 0.05) is 24.6 Å². The maximum Gasteiger partial charge on any atom is 0.1000 e. The van der Waals surface area contributed by atoms with Gasteiger partial charge in [0.1, 0.15) is 0 Å². The first-order chi connectivity index (χ1) is 8.88. The Morgan fingerprint density at radius 2 is 2.32 bits per heavy atom. The van der Waals surface area contributed by atoms with E-state index in [1.54, 1.807) is 11.3 Å². The van der Waals surface area contributed by atoms with Crippen LogP contribution in [-0.4, -0.2) is 30.4 Å². The van der Waals surface area contributed by atoms with E-state index in [1.807, 2.05) is 30.7 Å². The Morgan fingerprint density at radius 3 is 2.84 bits per heavy atom. The SMILES string of the molecule is CCOC1CC(NCC(C)(O)c2ccsc2)C1(C)C. The summed E-state index contributed by atoms with van der Waals surface area (Å²) in [6.07, 6.45) is 1.36. The van der Waals surface area contributed by atoms with Gasteiger partial charge in [0.05, 0.1) is 11.7 Å². The van der Waals surface area contributed by atoms with Gasteiger partial charge < -0.3 is 15.2 Å². The van der Waals surface area contributed by atoms with E-state index in [4.69, 9.17) is 4.74 Å². The van der Waals surface area contributed by atoms with E-state index in [-0.39, 0.29) is 5.41 Å². The summed E-state index contributed by atoms with van der Waals surface area (Å²) in [5.41, 5.74) is 0.330. The Kier molecular flexibility index (Phi) is 4.35. The van der Waals surface area contributed by atoms with E-state index in [9.17, 15) is 5.11 Å². The van der Waals surface area contributed by atoms with Crippen LogP contribution in [0.1, 0.15) is 39.7 Å². The van der Waals surface area contributed by atoms with Crippen molar-refractivity contribution in [3.8, 4) is 0 Å². The van der Waals surface area contributed by atoms with Crippen LogP contribution in [0.3, 0.4) is 0 Å². The minimum atomic E-state index is -0.799. The maximum absolute atomic E-state index is 10.5. The van der Waals surface area contributed by atoms with Crippen LogP contribution >= 0.6 is 11.3 Å². The number of ether oxygens (including phenoxy) is 1. The van der Waals surface area contributed by atoms with Crippen LogP contribution in [0.25, 0.3) is 0 Å². The zero-order valence-corrected chi connectivity index (χ0v) is 13.1. The van der Waals surface area contributed by atoms with Crippen molar-refractivity contribution in [3.63, 3.8) is 0 Å². The number of nitrogens with one attached hydrogen (secondary N) is 1. The zero-order valence-electron chi connectivity index (χ0n) is 12.3. The van der Waals surface area contributed by atoms with Crippen LogP contribution in [0.4, 0.5) is 0 Å². The van der Waals surface area contributed by atoms with Crippen molar-refractivity contribution in [1.29, 1.82) is 0 Å². The van der Waals surface area contributed by atoms with Crippen molar-refractivity contribution < 1.29 is 9.84 Å². The molecule has 1 fully saturated rings. The third-order valence-corrected chi connectivity index (χ3v) is 5.06. The first-order valence-corrected chi connectivity index (χ1v) is 7.92. The average molecular weight is 283 g/mol. The summed E-state index contributed by atoms with van der Waals surface area (Å²) in [7, 11) is 0. The lowest BCUT2D eigenvalue weighted by atomic mass is 9.64. The van der Waals surface area contributed by atoms with Gasteiger partial charge in [-0.3, -0.25) is 0 Å². The summed E-state index contributed by atoms with van der Waals surface area (Å²) >= 11 is 1.62. The normalized spacial score (nSPS) is 28.7. The number of rotatable bonds is 6. The van der Waals surface area contributed by atoms with Crippen molar-refractivity contribution in [2.75, 3.05) is 13.2 Å². The summed E-state index contributed by atoms with van der Waals surface area (Å²) in [4.78, 5) is 0. The van der Waals surface area contributed by atoms with Crippen molar-refractivity contribution in [3.05, 3.63) is 22.4 Å². The highest BCUT2D eigenvalue weighted by atomic mass is 32.1. The van der Waals surface area contributed by atoms with Gasteiger partial charge in [-0.2, -0.15) is 11.3 Å². The van der Waals surface area contributed by atoms with Crippen LogP contribution in [0.2, 0.25) is 0 Å². The van der Waals surface area contributed by atoms with Gasteiger partial charge in [-0.15, -0.1) is 0 Å². The van der Waals surface area contributed by atoms with Gasteiger partial charge in [0.25, 0.3) is 0 Å². The molecule has 0 saturated heterocycles. The number of aliphatic hydroxyl groups is 1. The highest BCUT2D eigenvalue weighted by Gasteiger charge is 2.49. The Hall–Kier alpha value is -0.420. The molecule has 0 radical (unpaired) electrons. The molecule has 2 rings (SSSR count). The molecule has 3 unspecified atom stereocenters. The second-order valence-electron chi connectivity index (χ2n) is 6.22. The molecule has 0 aromatic carbocycles. The molecule has 3 nitrogen and oxygen atoms in total. The summed E-state index contributed by atoms with van der Waals surface area (Å²) in [6.45, 7) is 9.72. The minimum absolute atomic E-state index is 0.140. The van der Waals surface area contributed by atoms with Gasteiger partial charge in [-0.1, -0.05) is 13.8 Å². The van der Waals surface area contributed by atoms with Gasteiger partial charge in [0.2, 0.25) is 0 Å². The topological polar surface area (TPSA) is 41.5 Å². The van der Waals surface area contributed by atoms with Crippen LogP contribution in [0, 0.1) is 5.41 Å². The average Bonchev–Trinajstić information content (AvgIpc) is 2.87. The molecule has 1 aromatic rings. The lowest BCUT2D eigenvalue weighted by Crippen LogP contribution is -2.62. The van der Waals surface area contributed by atoms with Crippen molar-refractivity contribution in [2.45, 2.75) is 51.9 Å². The summed E-state index contributed by atoms with van der Waals surface area (Å²) in [6, 6.07) is 2.40. The summed E-state index contributed by atoms with van der Waals surface area (Å²) < 4.78 is 5.73. The van der Waals surface area contributed by atoms with Gasteiger partial charge in [-0.05, 0) is 42.7 Å². The van der Waals surface area contributed by atoms with E-state index < -0.39 is 5.60 Å². The van der Waals surface area contributed by atoms with E-state index in [0.717, 1.165) is 18.6 Å². The molecule has 0 aliphatic heterocycles. The lowest BCUT2D eigenvalue weighted by molar-refractivity contribution is -0.118. The fourth-order valence-electron chi connectivity index (χ4n) is 2.71. The molecule has 0 bridgehead atoms. The predicted molar refractivity (Wildman–Crippen MR) is 79.5 cm³/mol. The molecule has 0 amide bonds. The molecule has 1 aliphatic rings. The van der Waals surface area contributed by atoms with Gasteiger partial charge >= 0.3 is 0 Å². The summed E-state index contributed by atoms with van der Waals surface area (Å²) in [5.74, 6) is 0. The molecule has 3 atom stereocenters. The molecule has 2 N–H and O–H groups in total. The highest BCUT2D eigenvalue weighted by Crippen LogP contribution is 2.43. The smallest absolute Gasteiger partial charge is 0.1000 e. The zero-order chi connectivity index (χ0) is 14.1. The maximum atomic E-state index is 10.5. The third kappa shape index (κ3) is 3.02. The molecule has 4 heteroatoms. The Bertz CT molecular complexity index is 400. The lowest BCUT2D eigenvalue weighted by Gasteiger charge is -2.52. The van der Waals surface area contributed by atoms with Crippen molar-refractivity contribution in [1.82, 2.24) is 5.32 Å². The largest absolute Gasteiger partial charge is 0.384 e. The molecule has 1 heterocycles.